The Morgan fingerprint density at radius 1 is 1.56 bits per heavy atom. The van der Waals surface area contributed by atoms with Gasteiger partial charge in [-0.1, -0.05) is 6.92 Å². The zero-order valence-corrected chi connectivity index (χ0v) is 12.1. The van der Waals surface area contributed by atoms with Gasteiger partial charge in [-0.15, -0.1) is 11.3 Å². The van der Waals surface area contributed by atoms with Crippen LogP contribution in [0, 0.1) is 0 Å². The van der Waals surface area contributed by atoms with Crippen LogP contribution >= 0.6 is 11.3 Å². The summed E-state index contributed by atoms with van der Waals surface area (Å²) in [4.78, 5) is 5.42. The van der Waals surface area contributed by atoms with Crippen molar-refractivity contribution < 1.29 is 8.42 Å². The van der Waals surface area contributed by atoms with Gasteiger partial charge in [0, 0.05) is 36.5 Å². The summed E-state index contributed by atoms with van der Waals surface area (Å²) in [5, 5.41) is 5.18. The third kappa shape index (κ3) is 3.54. The highest BCUT2D eigenvalue weighted by Crippen LogP contribution is 2.13. The third-order valence-corrected chi connectivity index (χ3v) is 4.37. The number of sulfone groups is 1. The Labute approximate surface area is 111 Å². The van der Waals surface area contributed by atoms with Gasteiger partial charge in [0.1, 0.15) is 9.84 Å². The van der Waals surface area contributed by atoms with Crippen LogP contribution in [0.4, 0.5) is 0 Å². The van der Waals surface area contributed by atoms with Gasteiger partial charge in [0.2, 0.25) is 0 Å². The molecule has 0 fully saturated rings. The lowest BCUT2D eigenvalue weighted by molar-refractivity contribution is 0.542. The summed E-state index contributed by atoms with van der Waals surface area (Å²) in [6.07, 6.45) is 5.81. The van der Waals surface area contributed by atoms with E-state index in [9.17, 15) is 8.42 Å². The summed E-state index contributed by atoms with van der Waals surface area (Å²) >= 11 is 1.57. The van der Waals surface area contributed by atoms with E-state index in [4.69, 9.17) is 0 Å². The molecule has 0 saturated carbocycles. The zero-order valence-electron chi connectivity index (χ0n) is 10.5. The Bertz CT molecular complexity index is 587. The number of rotatable bonds is 6. The highest BCUT2D eigenvalue weighted by atomic mass is 32.2. The van der Waals surface area contributed by atoms with Crippen LogP contribution in [-0.2, 0) is 16.3 Å². The smallest absolute Gasteiger partial charge is 0.193 e. The predicted octanol–water partition coefficient (Wildman–Crippen LogP) is 0.961. The van der Waals surface area contributed by atoms with Gasteiger partial charge in [0.25, 0.3) is 0 Å². The van der Waals surface area contributed by atoms with Crippen molar-refractivity contribution in [3.05, 3.63) is 23.5 Å². The first-order valence-corrected chi connectivity index (χ1v) is 8.74. The number of aromatic nitrogens is 2. The lowest BCUT2D eigenvalue weighted by Gasteiger charge is -2.15. The fourth-order valence-corrected chi connectivity index (χ4v) is 3.66. The molecule has 2 aromatic rings. The van der Waals surface area contributed by atoms with E-state index in [1.165, 1.54) is 6.26 Å². The van der Waals surface area contributed by atoms with E-state index < -0.39 is 9.84 Å². The number of nitrogens with zero attached hydrogens (tertiary/aromatic N) is 2. The second kappa shape index (κ2) is 5.38. The largest absolute Gasteiger partial charge is 0.313 e. The molecule has 1 atom stereocenters. The molecule has 1 N–H and O–H groups in total. The predicted molar refractivity (Wildman–Crippen MR) is 73.9 cm³/mol. The summed E-state index contributed by atoms with van der Waals surface area (Å²) in [6, 6.07) is -0.0744. The summed E-state index contributed by atoms with van der Waals surface area (Å²) in [5.41, 5.74) is 0.927. The quantitative estimate of drug-likeness (QED) is 0.859. The van der Waals surface area contributed by atoms with Crippen LogP contribution in [0.2, 0.25) is 0 Å². The minimum Gasteiger partial charge on any atom is -0.313 e. The fraction of sp³-hybridized carbons (Fsp3) is 0.545. The van der Waals surface area contributed by atoms with Crippen molar-refractivity contribution >= 4 is 26.1 Å². The molecule has 0 saturated heterocycles. The zero-order chi connectivity index (χ0) is 13.2. The van der Waals surface area contributed by atoms with Crippen LogP contribution in [0.3, 0.4) is 0 Å². The maximum absolute atomic E-state index is 11.4. The van der Waals surface area contributed by atoms with Gasteiger partial charge >= 0.3 is 0 Å². The Morgan fingerprint density at radius 2 is 2.33 bits per heavy atom. The molecule has 0 spiro atoms. The first-order valence-electron chi connectivity index (χ1n) is 5.80. The molecular formula is C11H17N3O2S2. The molecule has 2 heterocycles. The summed E-state index contributed by atoms with van der Waals surface area (Å²) in [5.74, 6) is 0.145. The Hall–Kier alpha value is -0.920. The van der Waals surface area contributed by atoms with Crippen molar-refractivity contribution in [3.8, 4) is 0 Å². The molecule has 5 nitrogen and oxygen atoms in total. The van der Waals surface area contributed by atoms with E-state index in [-0.39, 0.29) is 11.8 Å². The molecule has 0 aliphatic heterocycles. The van der Waals surface area contributed by atoms with Crippen LogP contribution in [0.25, 0.3) is 4.96 Å². The van der Waals surface area contributed by atoms with Crippen LogP contribution < -0.4 is 5.32 Å². The van der Waals surface area contributed by atoms with Crippen LogP contribution in [0.15, 0.2) is 17.8 Å². The summed E-state index contributed by atoms with van der Waals surface area (Å²) in [7, 11) is -2.98. The third-order valence-electron chi connectivity index (χ3n) is 2.60. The number of thiazole rings is 1. The van der Waals surface area contributed by atoms with E-state index in [0.29, 0.717) is 6.42 Å². The molecule has 100 valence electrons. The average Bonchev–Trinajstić information content (AvgIpc) is 2.75. The normalized spacial score (nSPS) is 14.1. The molecule has 18 heavy (non-hydrogen) atoms. The van der Waals surface area contributed by atoms with Crippen molar-refractivity contribution in [2.24, 2.45) is 0 Å². The monoisotopic (exact) mass is 287 g/mol. The SMILES string of the molecule is CCNC(Cc1cn2ccsc2n1)CS(C)(=O)=O. The first-order chi connectivity index (χ1) is 8.48. The van der Waals surface area contributed by atoms with Gasteiger partial charge in [0.15, 0.2) is 4.96 Å². The standard InChI is InChI=1S/C11H17N3O2S2/c1-3-12-10(8-18(2,15)16)6-9-7-14-4-5-17-11(14)13-9/h4-5,7,10,12H,3,6,8H2,1-2H3. The lowest BCUT2D eigenvalue weighted by Crippen LogP contribution is -2.37. The summed E-state index contributed by atoms with van der Waals surface area (Å²) in [6.45, 7) is 2.73. The number of likely N-dealkylation sites (N-methyl/N-ethyl adjacent to an activating group) is 1. The van der Waals surface area contributed by atoms with Gasteiger partial charge in [-0.3, -0.25) is 4.40 Å². The van der Waals surface area contributed by atoms with Crippen molar-refractivity contribution in [1.29, 1.82) is 0 Å². The fourth-order valence-electron chi connectivity index (χ4n) is 1.97. The average molecular weight is 287 g/mol. The topological polar surface area (TPSA) is 63.5 Å². The van der Waals surface area contributed by atoms with E-state index in [2.05, 4.69) is 10.3 Å². The number of fused-ring (bicyclic) bond motifs is 1. The molecule has 0 aromatic carbocycles. The molecule has 0 amide bonds. The number of imidazole rings is 1. The van der Waals surface area contributed by atoms with E-state index in [1.54, 1.807) is 11.3 Å². The second-order valence-corrected chi connectivity index (χ2v) is 7.43. The van der Waals surface area contributed by atoms with E-state index >= 15 is 0 Å². The molecule has 0 radical (unpaired) electrons. The molecule has 1 unspecified atom stereocenters. The molecule has 2 aromatic heterocycles. The van der Waals surface area contributed by atoms with Crippen molar-refractivity contribution in [2.45, 2.75) is 19.4 Å². The minimum absolute atomic E-state index is 0.0744. The van der Waals surface area contributed by atoms with E-state index in [1.807, 2.05) is 29.1 Å². The van der Waals surface area contributed by atoms with Crippen LogP contribution in [0.5, 0.6) is 0 Å². The van der Waals surface area contributed by atoms with Gasteiger partial charge < -0.3 is 5.32 Å². The molecule has 0 aliphatic carbocycles. The van der Waals surface area contributed by atoms with Crippen LogP contribution in [-0.4, -0.2) is 42.4 Å². The molecule has 2 rings (SSSR count). The Morgan fingerprint density at radius 3 is 2.94 bits per heavy atom. The van der Waals surface area contributed by atoms with Crippen molar-refractivity contribution in [2.75, 3.05) is 18.6 Å². The van der Waals surface area contributed by atoms with Crippen molar-refractivity contribution in [1.82, 2.24) is 14.7 Å². The lowest BCUT2D eigenvalue weighted by atomic mass is 10.2. The van der Waals surface area contributed by atoms with Gasteiger partial charge in [-0.2, -0.15) is 0 Å². The number of nitrogens with one attached hydrogen (secondary N) is 1. The first kappa shape index (κ1) is 13.5. The second-order valence-electron chi connectivity index (χ2n) is 4.38. The van der Waals surface area contributed by atoms with Gasteiger partial charge in [-0.25, -0.2) is 13.4 Å². The maximum Gasteiger partial charge on any atom is 0.193 e. The molecule has 7 heteroatoms. The van der Waals surface area contributed by atoms with Gasteiger partial charge in [0.05, 0.1) is 11.4 Å². The van der Waals surface area contributed by atoms with Crippen LogP contribution in [0.1, 0.15) is 12.6 Å². The summed E-state index contributed by atoms with van der Waals surface area (Å²) < 4.78 is 24.7. The van der Waals surface area contributed by atoms with Gasteiger partial charge in [-0.05, 0) is 6.54 Å². The molecule has 0 aliphatic rings. The highest BCUT2D eigenvalue weighted by Gasteiger charge is 2.16. The van der Waals surface area contributed by atoms with E-state index in [0.717, 1.165) is 17.2 Å². The maximum atomic E-state index is 11.4. The number of hydrogen-bond donors (Lipinski definition) is 1. The highest BCUT2D eigenvalue weighted by molar-refractivity contribution is 7.90. The Kier molecular flexibility index (Phi) is 4.04. The Balaban J connectivity index is 2.10. The minimum atomic E-state index is -2.98. The van der Waals surface area contributed by atoms with Crippen molar-refractivity contribution in [3.63, 3.8) is 0 Å². The molecule has 0 bridgehead atoms. The number of hydrogen-bond acceptors (Lipinski definition) is 5. The molecular weight excluding hydrogens is 270 g/mol.